The smallest absolute Gasteiger partial charge is 0.257 e. The summed E-state index contributed by atoms with van der Waals surface area (Å²) in [6, 6.07) is 16.4. The first-order valence-electron chi connectivity index (χ1n) is 10.7. The molecule has 2 heterocycles. The predicted octanol–water partition coefficient (Wildman–Crippen LogP) is 3.65. The molecule has 1 fully saturated rings. The van der Waals surface area contributed by atoms with E-state index in [0.29, 0.717) is 16.8 Å². The van der Waals surface area contributed by atoms with Crippen molar-refractivity contribution in [1.82, 2.24) is 9.88 Å². The van der Waals surface area contributed by atoms with Crippen LogP contribution in [0.15, 0.2) is 67.0 Å². The lowest BCUT2D eigenvalue weighted by molar-refractivity contribution is 0.101. The minimum atomic E-state index is -0.272. The lowest BCUT2D eigenvalue weighted by atomic mass is 10.1. The molecule has 1 aliphatic rings. The summed E-state index contributed by atoms with van der Waals surface area (Å²) in [5, 5.41) is 5.80. The van der Waals surface area contributed by atoms with E-state index in [4.69, 9.17) is 0 Å². The summed E-state index contributed by atoms with van der Waals surface area (Å²) in [5.74, 6) is -0.496. The number of nitrogens with zero attached hydrogens (tertiary/aromatic N) is 3. The summed E-state index contributed by atoms with van der Waals surface area (Å²) in [6.45, 7) is 6.09. The number of piperazine rings is 1. The van der Waals surface area contributed by atoms with Crippen LogP contribution in [0, 0.1) is 6.92 Å². The Labute approximate surface area is 188 Å². The Bertz CT molecular complexity index is 1110. The third kappa shape index (κ3) is 5.12. The third-order valence-corrected chi connectivity index (χ3v) is 5.63. The molecule has 7 heteroatoms. The van der Waals surface area contributed by atoms with Gasteiger partial charge in [-0.2, -0.15) is 0 Å². The molecular weight excluding hydrogens is 402 g/mol. The van der Waals surface area contributed by atoms with Gasteiger partial charge in [-0.1, -0.05) is 6.07 Å². The van der Waals surface area contributed by atoms with Gasteiger partial charge in [-0.05, 0) is 68.1 Å². The molecular formula is C25H27N5O2. The number of anilines is 3. The van der Waals surface area contributed by atoms with E-state index in [2.05, 4.69) is 44.6 Å². The van der Waals surface area contributed by atoms with Gasteiger partial charge in [0.15, 0.2) is 0 Å². The SMILES string of the molecule is Cc1cc(N2CCN(C)CC2)ccc1NC(=O)c1cccc(NC(=O)c2cccnc2)c1. The number of amides is 2. The van der Waals surface area contributed by atoms with Crippen molar-refractivity contribution < 1.29 is 9.59 Å². The van der Waals surface area contributed by atoms with Crippen molar-refractivity contribution in [2.75, 3.05) is 48.8 Å². The highest BCUT2D eigenvalue weighted by Gasteiger charge is 2.16. The molecule has 0 spiro atoms. The van der Waals surface area contributed by atoms with E-state index in [1.54, 1.807) is 42.6 Å². The number of rotatable bonds is 5. The molecule has 0 bridgehead atoms. The fraction of sp³-hybridized carbons (Fsp3) is 0.240. The largest absolute Gasteiger partial charge is 0.369 e. The molecule has 1 aromatic heterocycles. The van der Waals surface area contributed by atoms with E-state index >= 15 is 0 Å². The zero-order chi connectivity index (χ0) is 22.5. The normalized spacial score (nSPS) is 14.1. The number of nitrogens with one attached hydrogen (secondary N) is 2. The maximum Gasteiger partial charge on any atom is 0.257 e. The van der Waals surface area contributed by atoms with Crippen LogP contribution in [0.25, 0.3) is 0 Å². The highest BCUT2D eigenvalue weighted by Crippen LogP contribution is 2.24. The number of aromatic nitrogens is 1. The Morgan fingerprint density at radius 1 is 0.875 bits per heavy atom. The van der Waals surface area contributed by atoms with E-state index in [-0.39, 0.29) is 11.8 Å². The van der Waals surface area contributed by atoms with Gasteiger partial charge in [0.2, 0.25) is 0 Å². The molecule has 32 heavy (non-hydrogen) atoms. The molecule has 0 saturated carbocycles. The van der Waals surface area contributed by atoms with Gasteiger partial charge in [0.05, 0.1) is 5.56 Å². The fourth-order valence-corrected chi connectivity index (χ4v) is 3.68. The van der Waals surface area contributed by atoms with Crippen LogP contribution in [0.4, 0.5) is 17.1 Å². The van der Waals surface area contributed by atoms with Crippen LogP contribution < -0.4 is 15.5 Å². The Hall–Kier alpha value is -3.71. The molecule has 2 amide bonds. The van der Waals surface area contributed by atoms with E-state index in [1.807, 2.05) is 13.0 Å². The number of carbonyl (C=O) groups is 2. The van der Waals surface area contributed by atoms with Crippen molar-refractivity contribution in [2.45, 2.75) is 6.92 Å². The van der Waals surface area contributed by atoms with Gasteiger partial charge in [-0.15, -0.1) is 0 Å². The molecule has 4 rings (SSSR count). The third-order valence-electron chi connectivity index (χ3n) is 5.63. The summed E-state index contributed by atoms with van der Waals surface area (Å²) in [7, 11) is 2.14. The van der Waals surface area contributed by atoms with Crippen LogP contribution in [0.3, 0.4) is 0 Å². The number of benzene rings is 2. The van der Waals surface area contributed by atoms with Crippen LogP contribution in [-0.2, 0) is 0 Å². The molecule has 164 valence electrons. The fourth-order valence-electron chi connectivity index (χ4n) is 3.68. The Kier molecular flexibility index (Phi) is 6.47. The molecule has 0 atom stereocenters. The number of aryl methyl sites for hydroxylation is 1. The molecule has 2 N–H and O–H groups in total. The van der Waals surface area contributed by atoms with E-state index in [9.17, 15) is 9.59 Å². The molecule has 0 unspecified atom stereocenters. The molecule has 1 saturated heterocycles. The lowest BCUT2D eigenvalue weighted by Gasteiger charge is -2.34. The van der Waals surface area contributed by atoms with Crippen molar-refractivity contribution in [3.63, 3.8) is 0 Å². The van der Waals surface area contributed by atoms with Gasteiger partial charge >= 0.3 is 0 Å². The Morgan fingerprint density at radius 2 is 1.62 bits per heavy atom. The van der Waals surface area contributed by atoms with Gasteiger partial charge in [-0.25, -0.2) is 0 Å². The van der Waals surface area contributed by atoms with Crippen molar-refractivity contribution in [3.8, 4) is 0 Å². The summed E-state index contributed by atoms with van der Waals surface area (Å²) in [5.41, 5.74) is 4.44. The molecule has 3 aromatic rings. The minimum Gasteiger partial charge on any atom is -0.369 e. The first-order chi connectivity index (χ1) is 15.5. The van der Waals surface area contributed by atoms with Crippen LogP contribution >= 0.6 is 0 Å². The van der Waals surface area contributed by atoms with Gasteiger partial charge in [0, 0.05) is 61.2 Å². The number of hydrogen-bond donors (Lipinski definition) is 2. The molecule has 7 nitrogen and oxygen atoms in total. The Balaban J connectivity index is 1.42. The first-order valence-corrected chi connectivity index (χ1v) is 10.7. The maximum atomic E-state index is 12.8. The topological polar surface area (TPSA) is 77.6 Å². The number of hydrogen-bond acceptors (Lipinski definition) is 5. The zero-order valence-electron chi connectivity index (χ0n) is 18.3. The highest BCUT2D eigenvalue weighted by atomic mass is 16.2. The quantitative estimate of drug-likeness (QED) is 0.647. The second-order valence-corrected chi connectivity index (χ2v) is 8.02. The first kappa shape index (κ1) is 21.5. The summed E-state index contributed by atoms with van der Waals surface area (Å²) < 4.78 is 0. The van der Waals surface area contributed by atoms with Gasteiger partial charge in [0.25, 0.3) is 11.8 Å². The average Bonchev–Trinajstić information content (AvgIpc) is 2.81. The van der Waals surface area contributed by atoms with Crippen molar-refractivity contribution in [3.05, 3.63) is 83.7 Å². The average molecular weight is 430 g/mol. The van der Waals surface area contributed by atoms with E-state index < -0.39 is 0 Å². The predicted molar refractivity (Wildman–Crippen MR) is 127 cm³/mol. The van der Waals surface area contributed by atoms with Gasteiger partial charge < -0.3 is 20.4 Å². The number of carbonyl (C=O) groups excluding carboxylic acids is 2. The molecule has 0 aliphatic carbocycles. The summed E-state index contributed by atoms with van der Waals surface area (Å²) in [6.07, 6.45) is 3.11. The van der Waals surface area contributed by atoms with Crippen molar-refractivity contribution >= 4 is 28.9 Å². The lowest BCUT2D eigenvalue weighted by Crippen LogP contribution is -2.44. The molecule has 0 radical (unpaired) electrons. The van der Waals surface area contributed by atoms with Gasteiger partial charge in [-0.3, -0.25) is 14.6 Å². The van der Waals surface area contributed by atoms with Crippen LogP contribution in [-0.4, -0.2) is 54.9 Å². The number of pyridine rings is 1. The highest BCUT2D eigenvalue weighted by molar-refractivity contribution is 6.07. The van der Waals surface area contributed by atoms with Crippen molar-refractivity contribution in [2.24, 2.45) is 0 Å². The van der Waals surface area contributed by atoms with Gasteiger partial charge in [0.1, 0.15) is 0 Å². The van der Waals surface area contributed by atoms with Crippen LogP contribution in [0.2, 0.25) is 0 Å². The second-order valence-electron chi connectivity index (χ2n) is 8.02. The summed E-state index contributed by atoms with van der Waals surface area (Å²) in [4.78, 5) is 33.9. The zero-order valence-corrected chi connectivity index (χ0v) is 18.3. The van der Waals surface area contributed by atoms with Crippen LogP contribution in [0.1, 0.15) is 26.3 Å². The Morgan fingerprint density at radius 3 is 2.34 bits per heavy atom. The van der Waals surface area contributed by atoms with E-state index in [0.717, 1.165) is 37.4 Å². The maximum absolute atomic E-state index is 12.8. The van der Waals surface area contributed by atoms with E-state index in [1.165, 1.54) is 11.9 Å². The standard InChI is InChI=1S/C25H27N5O2/c1-18-15-22(30-13-11-29(2)12-14-30)8-9-23(18)28-24(31)19-5-3-7-21(16-19)27-25(32)20-6-4-10-26-17-20/h3-10,15-17H,11-14H2,1-2H3,(H,27,32)(H,28,31). The second kappa shape index (κ2) is 9.62. The van der Waals surface area contributed by atoms with Crippen LogP contribution in [0.5, 0.6) is 0 Å². The number of likely N-dealkylation sites (N-methyl/N-ethyl adjacent to an activating group) is 1. The van der Waals surface area contributed by atoms with Crippen molar-refractivity contribution in [1.29, 1.82) is 0 Å². The summed E-state index contributed by atoms with van der Waals surface area (Å²) >= 11 is 0. The minimum absolute atomic E-state index is 0.224. The molecule has 2 aromatic carbocycles. The molecule has 1 aliphatic heterocycles. The monoisotopic (exact) mass is 429 g/mol.